The zero-order valence-corrected chi connectivity index (χ0v) is 9.48. The van der Waals surface area contributed by atoms with Crippen LogP contribution in [0.3, 0.4) is 0 Å². The average molecular weight is 251 g/mol. The topological polar surface area (TPSA) is 26.3 Å². The van der Waals surface area contributed by atoms with E-state index in [1.807, 2.05) is 0 Å². The average Bonchev–Trinajstić information content (AvgIpc) is 2.17. The van der Waals surface area contributed by atoms with E-state index in [4.69, 9.17) is 23.2 Å². The minimum atomic E-state index is -1.14. The highest BCUT2D eigenvalue weighted by Crippen LogP contribution is 2.26. The summed E-state index contributed by atoms with van der Waals surface area (Å²) < 4.78 is 18.0. The third kappa shape index (κ3) is 3.08. The van der Waals surface area contributed by atoms with Gasteiger partial charge in [0.2, 0.25) is 0 Å². The summed E-state index contributed by atoms with van der Waals surface area (Å²) in [6, 6.07) is 3.94. The Kier molecular flexibility index (Phi) is 4.36. The maximum atomic E-state index is 13.3. The van der Waals surface area contributed by atoms with Gasteiger partial charge in [0.1, 0.15) is 5.82 Å². The first-order valence-electron chi connectivity index (χ1n) is 4.32. The fraction of sp³-hybridized carbons (Fsp3) is 0.300. The Balaban J connectivity index is 2.91. The van der Waals surface area contributed by atoms with Gasteiger partial charge in [-0.1, -0.05) is 17.7 Å². The molecule has 0 aromatic heterocycles. The van der Waals surface area contributed by atoms with Crippen LogP contribution in [-0.2, 0) is 9.53 Å². The predicted molar refractivity (Wildman–Crippen MR) is 56.6 cm³/mol. The summed E-state index contributed by atoms with van der Waals surface area (Å²) in [4.78, 5) is 11.2. The van der Waals surface area contributed by atoms with E-state index in [1.165, 1.54) is 12.1 Å². The number of carbonyl (C=O) groups is 1. The molecule has 82 valence electrons. The van der Waals surface area contributed by atoms with Crippen LogP contribution in [0.1, 0.15) is 17.9 Å². The summed E-state index contributed by atoms with van der Waals surface area (Å²) in [7, 11) is 0. The Labute approximate surface area is 96.9 Å². The van der Waals surface area contributed by atoms with Crippen LogP contribution in [0.25, 0.3) is 0 Å². The quantitative estimate of drug-likeness (QED) is 0.608. The first-order chi connectivity index (χ1) is 7.06. The minimum absolute atomic E-state index is 0.0690. The summed E-state index contributed by atoms with van der Waals surface area (Å²) >= 11 is 11.3. The molecule has 1 atom stereocenters. The van der Waals surface area contributed by atoms with Gasteiger partial charge in [-0.15, -0.1) is 11.6 Å². The van der Waals surface area contributed by atoms with Gasteiger partial charge in [-0.25, -0.2) is 4.39 Å². The lowest BCUT2D eigenvalue weighted by molar-refractivity contribution is -0.142. The van der Waals surface area contributed by atoms with Crippen molar-refractivity contribution in [2.24, 2.45) is 0 Å². The van der Waals surface area contributed by atoms with Crippen molar-refractivity contribution >= 4 is 29.2 Å². The molecule has 0 spiro atoms. The van der Waals surface area contributed by atoms with Gasteiger partial charge in [-0.05, 0) is 19.1 Å². The number of esters is 1. The number of benzene rings is 1. The van der Waals surface area contributed by atoms with Crippen molar-refractivity contribution < 1.29 is 13.9 Å². The van der Waals surface area contributed by atoms with Gasteiger partial charge in [-0.3, -0.25) is 4.79 Å². The lowest BCUT2D eigenvalue weighted by Gasteiger charge is -2.09. The first-order valence-corrected chi connectivity index (χ1v) is 5.13. The highest BCUT2D eigenvalue weighted by molar-refractivity contribution is 6.31. The maximum Gasteiger partial charge on any atom is 0.328 e. The molecule has 0 aliphatic carbocycles. The van der Waals surface area contributed by atoms with Crippen LogP contribution in [-0.4, -0.2) is 12.6 Å². The predicted octanol–water partition coefficient (Wildman–Crippen LogP) is 3.32. The number of hydrogen-bond acceptors (Lipinski definition) is 2. The molecule has 0 bridgehead atoms. The number of alkyl halides is 1. The van der Waals surface area contributed by atoms with Gasteiger partial charge in [-0.2, -0.15) is 0 Å². The van der Waals surface area contributed by atoms with Gasteiger partial charge in [0.25, 0.3) is 0 Å². The Morgan fingerprint density at radius 2 is 2.27 bits per heavy atom. The largest absolute Gasteiger partial charge is 0.465 e. The summed E-state index contributed by atoms with van der Waals surface area (Å²) in [5, 5.41) is -0.883. The van der Waals surface area contributed by atoms with Gasteiger partial charge in [0, 0.05) is 10.6 Å². The minimum Gasteiger partial charge on any atom is -0.465 e. The zero-order valence-electron chi connectivity index (χ0n) is 7.97. The molecule has 0 heterocycles. The highest BCUT2D eigenvalue weighted by Gasteiger charge is 2.22. The van der Waals surface area contributed by atoms with E-state index in [2.05, 4.69) is 4.74 Å². The van der Waals surface area contributed by atoms with Crippen molar-refractivity contribution in [1.82, 2.24) is 0 Å². The van der Waals surface area contributed by atoms with E-state index < -0.39 is 17.2 Å². The van der Waals surface area contributed by atoms with Crippen LogP contribution < -0.4 is 0 Å². The smallest absolute Gasteiger partial charge is 0.328 e. The van der Waals surface area contributed by atoms with Gasteiger partial charge in [0.15, 0.2) is 5.38 Å². The lowest BCUT2D eigenvalue weighted by Crippen LogP contribution is -2.12. The van der Waals surface area contributed by atoms with Crippen LogP contribution in [0.4, 0.5) is 4.39 Å². The second-order valence-electron chi connectivity index (χ2n) is 2.78. The number of rotatable bonds is 3. The van der Waals surface area contributed by atoms with Crippen molar-refractivity contribution in [2.75, 3.05) is 6.61 Å². The molecule has 0 saturated carbocycles. The maximum absolute atomic E-state index is 13.3. The SMILES string of the molecule is CCOC(=O)C(Cl)c1ccc(Cl)cc1F. The molecular weight excluding hydrogens is 242 g/mol. The Hall–Kier alpha value is -0.800. The molecule has 0 N–H and O–H groups in total. The molecule has 0 amide bonds. The van der Waals surface area contributed by atoms with E-state index in [-0.39, 0.29) is 17.2 Å². The van der Waals surface area contributed by atoms with Crippen LogP contribution in [0.2, 0.25) is 5.02 Å². The molecule has 2 nitrogen and oxygen atoms in total. The summed E-state index contributed by atoms with van der Waals surface area (Å²) in [5.41, 5.74) is 0.0690. The molecule has 0 radical (unpaired) electrons. The summed E-state index contributed by atoms with van der Waals surface area (Å²) in [5.74, 6) is -1.28. The molecule has 0 saturated heterocycles. The second kappa shape index (κ2) is 5.33. The normalized spacial score (nSPS) is 12.3. The van der Waals surface area contributed by atoms with Crippen molar-refractivity contribution in [3.63, 3.8) is 0 Å². The van der Waals surface area contributed by atoms with Crippen molar-refractivity contribution in [1.29, 1.82) is 0 Å². The fourth-order valence-corrected chi connectivity index (χ4v) is 1.45. The van der Waals surface area contributed by atoms with E-state index in [9.17, 15) is 9.18 Å². The van der Waals surface area contributed by atoms with Crippen LogP contribution in [0, 0.1) is 5.82 Å². The number of halogens is 3. The molecule has 1 unspecified atom stereocenters. The molecule has 1 aromatic carbocycles. The molecule has 0 aliphatic rings. The Morgan fingerprint density at radius 3 is 2.80 bits per heavy atom. The summed E-state index contributed by atoms with van der Waals surface area (Å²) in [6.07, 6.45) is 0. The Morgan fingerprint density at radius 1 is 1.60 bits per heavy atom. The fourth-order valence-electron chi connectivity index (χ4n) is 1.05. The molecule has 5 heteroatoms. The van der Waals surface area contributed by atoms with E-state index in [1.54, 1.807) is 6.92 Å². The molecular formula is C10H9Cl2FO2. The van der Waals surface area contributed by atoms with E-state index >= 15 is 0 Å². The summed E-state index contributed by atoms with van der Waals surface area (Å²) in [6.45, 7) is 1.86. The number of hydrogen-bond donors (Lipinski definition) is 0. The third-order valence-electron chi connectivity index (χ3n) is 1.73. The van der Waals surface area contributed by atoms with Crippen LogP contribution >= 0.6 is 23.2 Å². The second-order valence-corrected chi connectivity index (χ2v) is 3.65. The monoisotopic (exact) mass is 250 g/mol. The van der Waals surface area contributed by atoms with Crippen LogP contribution in [0.5, 0.6) is 0 Å². The van der Waals surface area contributed by atoms with E-state index in [0.717, 1.165) is 6.07 Å². The molecule has 1 aromatic rings. The first kappa shape index (κ1) is 12.3. The standard InChI is InChI=1S/C10H9Cl2FO2/c1-2-15-10(14)9(12)7-4-3-6(11)5-8(7)13/h3-5,9H,2H2,1H3. The van der Waals surface area contributed by atoms with Crippen LogP contribution in [0.15, 0.2) is 18.2 Å². The van der Waals surface area contributed by atoms with Crippen molar-refractivity contribution in [2.45, 2.75) is 12.3 Å². The molecule has 0 aliphatic heterocycles. The van der Waals surface area contributed by atoms with Gasteiger partial charge < -0.3 is 4.74 Å². The lowest BCUT2D eigenvalue weighted by atomic mass is 10.1. The van der Waals surface area contributed by atoms with Crippen molar-refractivity contribution in [3.05, 3.63) is 34.6 Å². The molecule has 0 fully saturated rings. The van der Waals surface area contributed by atoms with E-state index in [0.29, 0.717) is 0 Å². The molecule has 15 heavy (non-hydrogen) atoms. The number of carbonyl (C=O) groups excluding carboxylic acids is 1. The zero-order chi connectivity index (χ0) is 11.4. The third-order valence-corrected chi connectivity index (χ3v) is 2.38. The van der Waals surface area contributed by atoms with Crippen molar-refractivity contribution in [3.8, 4) is 0 Å². The number of ether oxygens (including phenoxy) is 1. The van der Waals surface area contributed by atoms with Gasteiger partial charge >= 0.3 is 5.97 Å². The highest BCUT2D eigenvalue weighted by atomic mass is 35.5. The molecule has 1 rings (SSSR count). The Bertz CT molecular complexity index is 368. The van der Waals surface area contributed by atoms with Gasteiger partial charge in [0.05, 0.1) is 6.61 Å².